The molecule has 0 spiro atoms. The highest BCUT2D eigenvalue weighted by molar-refractivity contribution is 6.32. The Kier molecular flexibility index (Phi) is 4.85. The predicted molar refractivity (Wildman–Crippen MR) is 84.8 cm³/mol. The van der Waals surface area contributed by atoms with Gasteiger partial charge in [-0.25, -0.2) is 0 Å². The molecule has 1 N–H and O–H groups in total. The van der Waals surface area contributed by atoms with Gasteiger partial charge in [0.05, 0.1) is 47.9 Å². The first-order valence-electron chi connectivity index (χ1n) is 6.31. The minimum Gasteiger partial charge on any atom is -0.495 e. The van der Waals surface area contributed by atoms with E-state index in [4.69, 9.17) is 32.7 Å². The molecular formula is C14H17Cl2N3O2. The van der Waals surface area contributed by atoms with E-state index in [1.807, 2.05) is 14.0 Å². The molecule has 0 unspecified atom stereocenters. The van der Waals surface area contributed by atoms with Gasteiger partial charge in [0.1, 0.15) is 11.5 Å². The molecule has 0 atom stereocenters. The molecule has 0 fully saturated rings. The Balaban J connectivity index is 2.25. The van der Waals surface area contributed by atoms with Crippen molar-refractivity contribution in [1.29, 1.82) is 0 Å². The summed E-state index contributed by atoms with van der Waals surface area (Å²) in [4.78, 5) is 0. The van der Waals surface area contributed by atoms with Gasteiger partial charge in [-0.15, -0.1) is 0 Å². The van der Waals surface area contributed by atoms with Crippen LogP contribution in [-0.4, -0.2) is 24.0 Å². The second kappa shape index (κ2) is 6.45. The number of rotatable bonds is 5. The number of ether oxygens (including phenoxy) is 2. The standard InChI is InChI=1S/C14H17Cl2N3O2/c1-8-14(16)11(19(2)18-8)7-17-10-5-9(15)12(20-3)6-13(10)21-4/h5-6,17H,7H2,1-4H3. The number of hydrogen-bond acceptors (Lipinski definition) is 4. The number of anilines is 1. The third-order valence-electron chi connectivity index (χ3n) is 3.18. The molecule has 1 aromatic heterocycles. The van der Waals surface area contributed by atoms with Gasteiger partial charge >= 0.3 is 0 Å². The topological polar surface area (TPSA) is 48.3 Å². The number of aromatic nitrogens is 2. The molecule has 0 bridgehead atoms. The van der Waals surface area contributed by atoms with Gasteiger partial charge in [0, 0.05) is 13.1 Å². The van der Waals surface area contributed by atoms with E-state index in [0.29, 0.717) is 28.1 Å². The molecule has 1 aromatic carbocycles. The first-order chi connectivity index (χ1) is 9.97. The molecule has 0 radical (unpaired) electrons. The monoisotopic (exact) mass is 329 g/mol. The van der Waals surface area contributed by atoms with Gasteiger partial charge in [0.2, 0.25) is 0 Å². The van der Waals surface area contributed by atoms with Crippen molar-refractivity contribution in [1.82, 2.24) is 9.78 Å². The van der Waals surface area contributed by atoms with Crippen molar-refractivity contribution < 1.29 is 9.47 Å². The lowest BCUT2D eigenvalue weighted by Gasteiger charge is -2.14. The molecule has 5 nitrogen and oxygen atoms in total. The smallest absolute Gasteiger partial charge is 0.145 e. The average Bonchev–Trinajstić information content (AvgIpc) is 2.70. The van der Waals surface area contributed by atoms with Crippen LogP contribution >= 0.6 is 23.2 Å². The molecule has 114 valence electrons. The molecular weight excluding hydrogens is 313 g/mol. The fraction of sp³-hybridized carbons (Fsp3) is 0.357. The van der Waals surface area contributed by atoms with Crippen LogP contribution in [0.4, 0.5) is 5.69 Å². The van der Waals surface area contributed by atoms with E-state index >= 15 is 0 Å². The highest BCUT2D eigenvalue weighted by Crippen LogP contribution is 2.36. The third-order valence-corrected chi connectivity index (χ3v) is 3.97. The van der Waals surface area contributed by atoms with Gasteiger partial charge in [0.25, 0.3) is 0 Å². The Morgan fingerprint density at radius 2 is 1.86 bits per heavy atom. The van der Waals surface area contributed by atoms with Crippen molar-refractivity contribution in [3.05, 3.63) is 33.6 Å². The largest absolute Gasteiger partial charge is 0.495 e. The molecule has 0 amide bonds. The minimum atomic E-state index is 0.507. The SMILES string of the molecule is COc1cc(OC)c(NCc2c(Cl)c(C)nn2C)cc1Cl. The summed E-state index contributed by atoms with van der Waals surface area (Å²) in [7, 11) is 5.01. The van der Waals surface area contributed by atoms with Crippen LogP contribution in [0.15, 0.2) is 12.1 Å². The Hall–Kier alpha value is -1.59. The first kappa shape index (κ1) is 15.8. The lowest BCUT2D eigenvalue weighted by atomic mass is 10.2. The van der Waals surface area contributed by atoms with E-state index in [1.54, 1.807) is 31.0 Å². The molecule has 2 rings (SSSR count). The van der Waals surface area contributed by atoms with E-state index in [2.05, 4.69) is 10.4 Å². The summed E-state index contributed by atoms with van der Waals surface area (Å²) in [5.74, 6) is 1.21. The zero-order chi connectivity index (χ0) is 15.6. The van der Waals surface area contributed by atoms with E-state index in [1.165, 1.54) is 0 Å². The number of methoxy groups -OCH3 is 2. The fourth-order valence-corrected chi connectivity index (χ4v) is 2.52. The van der Waals surface area contributed by atoms with Crippen molar-refractivity contribution >= 4 is 28.9 Å². The lowest BCUT2D eigenvalue weighted by Crippen LogP contribution is -2.07. The summed E-state index contributed by atoms with van der Waals surface area (Å²) >= 11 is 12.4. The molecule has 0 saturated heterocycles. The number of nitrogens with zero attached hydrogens (tertiary/aromatic N) is 2. The van der Waals surface area contributed by atoms with Crippen molar-refractivity contribution in [2.75, 3.05) is 19.5 Å². The summed E-state index contributed by atoms with van der Waals surface area (Å²) in [5.41, 5.74) is 2.46. The molecule has 0 aliphatic carbocycles. The van der Waals surface area contributed by atoms with Gasteiger partial charge in [-0.1, -0.05) is 23.2 Å². The highest BCUT2D eigenvalue weighted by atomic mass is 35.5. The number of aryl methyl sites for hydroxylation is 2. The van der Waals surface area contributed by atoms with Gasteiger partial charge in [-0.3, -0.25) is 4.68 Å². The number of halogens is 2. The molecule has 0 aliphatic rings. The van der Waals surface area contributed by atoms with Gasteiger partial charge in [-0.2, -0.15) is 5.10 Å². The summed E-state index contributed by atoms with van der Waals surface area (Å²) < 4.78 is 12.3. The zero-order valence-corrected chi connectivity index (χ0v) is 13.8. The van der Waals surface area contributed by atoms with Crippen molar-refractivity contribution in [3.8, 4) is 11.5 Å². The summed E-state index contributed by atoms with van der Waals surface area (Å²) in [6, 6.07) is 3.50. The maximum atomic E-state index is 6.23. The fourth-order valence-electron chi connectivity index (χ4n) is 2.05. The minimum absolute atomic E-state index is 0.507. The first-order valence-corrected chi connectivity index (χ1v) is 7.06. The predicted octanol–water partition coefficient (Wildman–Crippen LogP) is 3.66. The van der Waals surface area contributed by atoms with E-state index in [0.717, 1.165) is 17.1 Å². The van der Waals surface area contributed by atoms with E-state index < -0.39 is 0 Å². The Morgan fingerprint density at radius 1 is 1.19 bits per heavy atom. The highest BCUT2D eigenvalue weighted by Gasteiger charge is 2.13. The summed E-state index contributed by atoms with van der Waals surface area (Å²) in [5, 5.41) is 8.70. The van der Waals surface area contributed by atoms with Crippen LogP contribution in [0.3, 0.4) is 0 Å². The molecule has 2 aromatic rings. The van der Waals surface area contributed by atoms with Gasteiger partial charge < -0.3 is 14.8 Å². The molecule has 21 heavy (non-hydrogen) atoms. The van der Waals surface area contributed by atoms with Gasteiger partial charge in [0.15, 0.2) is 0 Å². The second-order valence-electron chi connectivity index (χ2n) is 4.51. The van der Waals surface area contributed by atoms with Crippen molar-refractivity contribution in [2.24, 2.45) is 7.05 Å². The number of hydrogen-bond donors (Lipinski definition) is 1. The molecule has 0 aliphatic heterocycles. The Bertz CT molecular complexity index is 656. The number of benzene rings is 1. The van der Waals surface area contributed by atoms with Crippen LogP contribution < -0.4 is 14.8 Å². The Morgan fingerprint density at radius 3 is 2.38 bits per heavy atom. The summed E-state index contributed by atoms with van der Waals surface area (Å²) in [6.07, 6.45) is 0. The second-order valence-corrected chi connectivity index (χ2v) is 5.30. The zero-order valence-electron chi connectivity index (χ0n) is 12.3. The van der Waals surface area contributed by atoms with Gasteiger partial charge in [-0.05, 0) is 13.0 Å². The van der Waals surface area contributed by atoms with Crippen molar-refractivity contribution in [2.45, 2.75) is 13.5 Å². The molecule has 1 heterocycles. The number of nitrogens with one attached hydrogen (secondary N) is 1. The van der Waals surface area contributed by atoms with Crippen LogP contribution in [0.25, 0.3) is 0 Å². The average molecular weight is 330 g/mol. The maximum Gasteiger partial charge on any atom is 0.145 e. The summed E-state index contributed by atoms with van der Waals surface area (Å²) in [6.45, 7) is 2.38. The normalized spacial score (nSPS) is 10.6. The van der Waals surface area contributed by atoms with E-state index in [9.17, 15) is 0 Å². The van der Waals surface area contributed by atoms with Crippen LogP contribution in [0.1, 0.15) is 11.4 Å². The Labute approximate surface area is 133 Å². The van der Waals surface area contributed by atoms with Crippen LogP contribution in [0.2, 0.25) is 10.0 Å². The van der Waals surface area contributed by atoms with Crippen LogP contribution in [0, 0.1) is 6.92 Å². The lowest BCUT2D eigenvalue weighted by molar-refractivity contribution is 0.395. The van der Waals surface area contributed by atoms with Crippen molar-refractivity contribution in [3.63, 3.8) is 0 Å². The quantitative estimate of drug-likeness (QED) is 0.909. The maximum absolute atomic E-state index is 6.23. The van der Waals surface area contributed by atoms with Crippen LogP contribution in [-0.2, 0) is 13.6 Å². The third kappa shape index (κ3) is 3.19. The molecule has 0 saturated carbocycles. The van der Waals surface area contributed by atoms with Crippen LogP contribution in [0.5, 0.6) is 11.5 Å². The van der Waals surface area contributed by atoms with E-state index in [-0.39, 0.29) is 0 Å². The molecule has 7 heteroatoms.